The molecule has 0 fully saturated rings. The molecule has 10 heavy (non-hydrogen) atoms. The Bertz CT molecular complexity index is 125. The van der Waals surface area contributed by atoms with E-state index in [-0.39, 0.29) is 0 Å². The molecule has 0 atom stereocenters. The maximum atomic E-state index is 11.5. The minimum atomic E-state index is -4.29. The van der Waals surface area contributed by atoms with Crippen LogP contribution in [-0.2, 0) is 9.47 Å². The zero-order valence-corrected chi connectivity index (χ0v) is 6.29. The van der Waals surface area contributed by atoms with E-state index >= 15 is 0 Å². The number of methoxy groups -OCH3 is 2. The minimum absolute atomic E-state index is 0.451. The van der Waals surface area contributed by atoms with E-state index in [4.69, 9.17) is 0 Å². The summed E-state index contributed by atoms with van der Waals surface area (Å²) in [5, 5.41) is 0. The van der Waals surface area contributed by atoms with Gasteiger partial charge in [-0.2, -0.15) is 13.2 Å². The van der Waals surface area contributed by atoms with Gasteiger partial charge in [-0.25, -0.2) is 0 Å². The third kappa shape index (κ3) is 4.73. The number of rotatable bonds is 2. The second-order valence-electron chi connectivity index (χ2n) is 1.25. The molecule has 0 rings (SSSR count). The monoisotopic (exact) mass is 174 g/mol. The lowest BCUT2D eigenvalue weighted by molar-refractivity contribution is -0.0354. The zero-order chi connectivity index (χ0) is 8.20. The lowest BCUT2D eigenvalue weighted by Crippen LogP contribution is -2.05. The fraction of sp³-hybridized carbons (Fsp3) is 0.750. The normalized spacial score (nSPS) is 12.1. The van der Waals surface area contributed by atoms with Gasteiger partial charge < -0.3 is 9.47 Å². The van der Waals surface area contributed by atoms with Crippen LogP contribution in [0.2, 0.25) is 0 Å². The Hall–Kier alpha value is -0.120. The molecule has 0 spiro atoms. The molecular formula is C4H6F3O2P. The van der Waals surface area contributed by atoms with E-state index in [0.29, 0.717) is 0 Å². The fourth-order valence-electron chi connectivity index (χ4n) is 0.278. The Morgan fingerprint density at radius 1 is 1.20 bits per heavy atom. The molecule has 0 aromatic carbocycles. The van der Waals surface area contributed by atoms with Crippen molar-refractivity contribution in [3.63, 3.8) is 0 Å². The van der Waals surface area contributed by atoms with Crippen molar-refractivity contribution in [1.29, 1.82) is 0 Å². The Balaban J connectivity index is 4.11. The van der Waals surface area contributed by atoms with Crippen molar-refractivity contribution < 1.29 is 22.6 Å². The highest BCUT2D eigenvalue weighted by molar-refractivity contribution is 7.40. The number of halogens is 3. The van der Waals surface area contributed by atoms with E-state index in [1.165, 1.54) is 0 Å². The van der Waals surface area contributed by atoms with Gasteiger partial charge in [0, 0.05) is 14.2 Å². The lowest BCUT2D eigenvalue weighted by Gasteiger charge is -2.01. The quantitative estimate of drug-likeness (QED) is 0.594. The molecule has 0 amide bonds. The summed E-state index contributed by atoms with van der Waals surface area (Å²) in [7, 11) is 1.33. The van der Waals surface area contributed by atoms with Gasteiger partial charge in [0.1, 0.15) is 0 Å². The van der Waals surface area contributed by atoms with Crippen LogP contribution in [0.1, 0.15) is 0 Å². The number of hydrogen-bond acceptors (Lipinski definition) is 2. The van der Waals surface area contributed by atoms with Crippen molar-refractivity contribution in [2.24, 2.45) is 0 Å². The first-order valence-electron chi connectivity index (χ1n) is 2.24. The van der Waals surface area contributed by atoms with Gasteiger partial charge in [0.05, 0.1) is 8.20 Å². The van der Waals surface area contributed by atoms with Crippen LogP contribution in [-0.4, -0.2) is 25.8 Å². The molecule has 0 aliphatic rings. The molecule has 0 heterocycles. The number of hydrogen-bond donors (Lipinski definition) is 0. The smallest absolute Gasteiger partial charge is 0.325 e. The maximum absolute atomic E-state index is 11.5. The SMILES string of the molecule is COC(OC)=PC(F)(F)F. The van der Waals surface area contributed by atoms with Crippen molar-refractivity contribution in [1.82, 2.24) is 0 Å². The average Bonchev–Trinajstić information content (AvgIpc) is 1.81. The Labute approximate surface area is 57.7 Å². The van der Waals surface area contributed by atoms with Gasteiger partial charge in [-0.1, -0.05) is 0 Å². The van der Waals surface area contributed by atoms with E-state index in [1.807, 2.05) is 0 Å². The third-order valence-electron chi connectivity index (χ3n) is 0.567. The maximum Gasteiger partial charge on any atom is 0.436 e. The Morgan fingerprint density at radius 3 is 1.70 bits per heavy atom. The molecule has 0 saturated heterocycles. The molecule has 0 aliphatic heterocycles. The molecule has 0 aromatic heterocycles. The van der Waals surface area contributed by atoms with Gasteiger partial charge in [0.2, 0.25) is 5.67 Å². The van der Waals surface area contributed by atoms with Crippen LogP contribution in [0.3, 0.4) is 0 Å². The van der Waals surface area contributed by atoms with Crippen LogP contribution in [0.25, 0.3) is 0 Å². The van der Waals surface area contributed by atoms with Crippen LogP contribution in [0.5, 0.6) is 0 Å². The molecule has 0 radical (unpaired) electrons. The van der Waals surface area contributed by atoms with Crippen LogP contribution in [0, 0.1) is 0 Å². The molecule has 0 unspecified atom stereocenters. The first-order chi connectivity index (χ1) is 4.49. The highest BCUT2D eigenvalue weighted by atomic mass is 31.1. The Morgan fingerprint density at radius 2 is 1.60 bits per heavy atom. The molecule has 0 N–H and O–H groups in total. The van der Waals surface area contributed by atoms with Crippen LogP contribution >= 0.6 is 8.20 Å². The van der Waals surface area contributed by atoms with Gasteiger partial charge in [-0.3, -0.25) is 0 Å². The molecular weight excluding hydrogens is 168 g/mol. The summed E-state index contributed by atoms with van der Waals surface area (Å²) >= 11 is 0. The van der Waals surface area contributed by atoms with Gasteiger partial charge >= 0.3 is 5.92 Å². The van der Waals surface area contributed by atoms with E-state index in [9.17, 15) is 13.2 Å². The molecule has 6 heteroatoms. The lowest BCUT2D eigenvalue weighted by atomic mass is 11.3. The van der Waals surface area contributed by atoms with Crippen molar-refractivity contribution in [3.8, 4) is 0 Å². The van der Waals surface area contributed by atoms with Crippen LogP contribution in [0.15, 0.2) is 0 Å². The summed E-state index contributed by atoms with van der Waals surface area (Å²) in [6.07, 6.45) is 0. The molecule has 2 nitrogen and oxygen atoms in total. The summed E-state index contributed by atoms with van der Waals surface area (Å²) in [6.45, 7) is 0. The topological polar surface area (TPSA) is 18.5 Å². The second-order valence-corrected chi connectivity index (χ2v) is 2.35. The standard InChI is InChI=1S/C4H6F3O2P/c1-8-3(9-2)10-4(5,6)7/h1-2H3. The summed E-state index contributed by atoms with van der Waals surface area (Å²) in [5.74, 6) is -4.29. The third-order valence-corrected chi connectivity index (χ3v) is 1.37. The summed E-state index contributed by atoms with van der Waals surface area (Å²) in [4.78, 5) is 0. The van der Waals surface area contributed by atoms with Crippen molar-refractivity contribution in [3.05, 3.63) is 0 Å². The van der Waals surface area contributed by atoms with Gasteiger partial charge in [-0.05, 0) is 0 Å². The number of ether oxygens (including phenoxy) is 2. The molecule has 0 bridgehead atoms. The van der Waals surface area contributed by atoms with Gasteiger partial charge in [0.25, 0.3) is 0 Å². The van der Waals surface area contributed by atoms with Crippen molar-refractivity contribution >= 4 is 13.9 Å². The fourth-order valence-corrected chi connectivity index (χ4v) is 0.668. The Kier molecular flexibility index (Phi) is 3.86. The highest BCUT2D eigenvalue weighted by Gasteiger charge is 2.26. The van der Waals surface area contributed by atoms with E-state index in [0.717, 1.165) is 14.2 Å². The van der Waals surface area contributed by atoms with E-state index < -0.39 is 19.8 Å². The number of alkyl halides is 3. The van der Waals surface area contributed by atoms with Gasteiger partial charge in [-0.15, -0.1) is 0 Å². The van der Waals surface area contributed by atoms with E-state index in [2.05, 4.69) is 9.47 Å². The zero-order valence-electron chi connectivity index (χ0n) is 5.40. The second kappa shape index (κ2) is 3.91. The van der Waals surface area contributed by atoms with E-state index in [1.54, 1.807) is 0 Å². The predicted octanol–water partition coefficient (Wildman–Crippen LogP) is 1.83. The first-order valence-corrected chi connectivity index (χ1v) is 3.13. The molecule has 0 aliphatic carbocycles. The first kappa shape index (κ1) is 9.88. The largest absolute Gasteiger partial charge is 0.436 e. The summed E-state index contributed by atoms with van der Waals surface area (Å²) in [6, 6.07) is 0. The molecule has 0 saturated carbocycles. The average molecular weight is 174 g/mol. The van der Waals surface area contributed by atoms with Crippen LogP contribution in [0.4, 0.5) is 13.2 Å². The highest BCUT2D eigenvalue weighted by Crippen LogP contribution is 2.30. The predicted molar refractivity (Wildman–Crippen MR) is 32.0 cm³/mol. The van der Waals surface area contributed by atoms with Gasteiger partial charge in [0.15, 0.2) is 0 Å². The van der Waals surface area contributed by atoms with Crippen molar-refractivity contribution in [2.75, 3.05) is 14.2 Å². The molecule has 60 valence electrons. The summed E-state index contributed by atoms with van der Waals surface area (Å²) in [5.41, 5.74) is -0.451. The van der Waals surface area contributed by atoms with Crippen molar-refractivity contribution in [2.45, 2.75) is 5.92 Å². The van der Waals surface area contributed by atoms with Crippen LogP contribution < -0.4 is 0 Å². The molecule has 0 aromatic rings. The minimum Gasteiger partial charge on any atom is -0.325 e. The summed E-state index contributed by atoms with van der Waals surface area (Å²) < 4.78 is 42.9.